The van der Waals surface area contributed by atoms with Crippen LogP contribution in [0, 0.1) is 0 Å². The van der Waals surface area contributed by atoms with Crippen LogP contribution in [0.15, 0.2) is 85.5 Å². The number of methoxy groups -OCH3 is 2. The first-order chi connectivity index (χ1) is 15.6. The number of rotatable bonds is 11. The third-order valence-corrected chi connectivity index (χ3v) is 5.53. The number of Topliss-reactive ketones (excluding diaryl/α,β-unsaturated/α-hetero) is 2. The van der Waals surface area contributed by atoms with Crippen LogP contribution in [0.25, 0.3) is 0 Å². The third-order valence-electron chi connectivity index (χ3n) is 5.53. The van der Waals surface area contributed by atoms with Gasteiger partial charge < -0.3 is 9.47 Å². The molecule has 0 N–H and O–H groups in total. The molecule has 0 heterocycles. The van der Waals surface area contributed by atoms with Crippen LogP contribution < -0.4 is 9.47 Å². The van der Waals surface area contributed by atoms with Gasteiger partial charge in [-0.05, 0) is 24.0 Å². The Bertz CT molecular complexity index is 1020. The van der Waals surface area contributed by atoms with Crippen molar-refractivity contribution in [2.24, 2.45) is 0 Å². The van der Waals surface area contributed by atoms with Crippen LogP contribution in [0.2, 0.25) is 0 Å². The predicted octanol–water partition coefficient (Wildman–Crippen LogP) is 6.06. The highest BCUT2D eigenvalue weighted by molar-refractivity contribution is 5.99. The van der Waals surface area contributed by atoms with Gasteiger partial charge in [-0.1, -0.05) is 72.8 Å². The minimum Gasteiger partial charge on any atom is -0.493 e. The van der Waals surface area contributed by atoms with Crippen molar-refractivity contribution in [1.29, 1.82) is 0 Å². The van der Waals surface area contributed by atoms with E-state index in [1.165, 1.54) is 0 Å². The molecule has 0 saturated carbocycles. The lowest BCUT2D eigenvalue weighted by molar-refractivity contribution is 0.0944. The monoisotopic (exact) mass is 428 g/mol. The highest BCUT2D eigenvalue weighted by Crippen LogP contribution is 2.39. The molecule has 0 radical (unpaired) electrons. The minimum absolute atomic E-state index is 0.00389. The Balaban J connectivity index is 2.04. The summed E-state index contributed by atoms with van der Waals surface area (Å²) in [5, 5.41) is 0. The van der Waals surface area contributed by atoms with Crippen molar-refractivity contribution in [3.63, 3.8) is 0 Å². The summed E-state index contributed by atoms with van der Waals surface area (Å²) in [5.74, 6) is 0.890. The summed E-state index contributed by atoms with van der Waals surface area (Å²) in [5.41, 5.74) is 3.05. The molecular weight excluding hydrogens is 400 g/mol. The first-order valence-electron chi connectivity index (χ1n) is 10.6. The first kappa shape index (κ1) is 23.0. The molecular formula is C28H28O4. The molecule has 0 fully saturated rings. The fourth-order valence-corrected chi connectivity index (χ4v) is 3.97. The number of hydrogen-bond donors (Lipinski definition) is 0. The van der Waals surface area contributed by atoms with E-state index in [1.54, 1.807) is 44.6 Å². The van der Waals surface area contributed by atoms with E-state index >= 15 is 0 Å². The largest absolute Gasteiger partial charge is 0.493 e. The van der Waals surface area contributed by atoms with Gasteiger partial charge >= 0.3 is 0 Å². The van der Waals surface area contributed by atoms with E-state index in [0.29, 0.717) is 29.0 Å². The molecule has 32 heavy (non-hydrogen) atoms. The molecule has 0 spiro atoms. The molecule has 3 aromatic carbocycles. The van der Waals surface area contributed by atoms with Crippen molar-refractivity contribution in [2.75, 3.05) is 14.2 Å². The molecule has 0 bridgehead atoms. The molecule has 0 aromatic heterocycles. The topological polar surface area (TPSA) is 52.6 Å². The van der Waals surface area contributed by atoms with E-state index < -0.39 is 0 Å². The average molecular weight is 429 g/mol. The maximum absolute atomic E-state index is 13.1. The second-order valence-electron chi connectivity index (χ2n) is 7.55. The first-order valence-corrected chi connectivity index (χ1v) is 10.6. The van der Waals surface area contributed by atoms with Crippen LogP contribution in [0.5, 0.6) is 11.5 Å². The van der Waals surface area contributed by atoms with Gasteiger partial charge in [-0.3, -0.25) is 9.59 Å². The standard InChI is InChI=1S/C28H28O4/c1-4-11-24-23(16-17-27(31-2)28(24)32-3)22(18-25(29)20-12-7-5-8-13-20)19-26(30)21-14-9-6-10-15-21/h4-10,12-17,22H,1,11,18-19H2,2-3H3. The minimum atomic E-state index is -0.315. The Labute approximate surface area is 189 Å². The molecule has 0 unspecified atom stereocenters. The van der Waals surface area contributed by atoms with Gasteiger partial charge in [0.15, 0.2) is 23.1 Å². The van der Waals surface area contributed by atoms with Gasteiger partial charge in [-0.15, -0.1) is 6.58 Å². The SMILES string of the molecule is C=CCc1c(C(CC(=O)c2ccccc2)CC(=O)c2ccccc2)ccc(OC)c1OC. The summed E-state index contributed by atoms with van der Waals surface area (Å²) in [4.78, 5) is 26.2. The third kappa shape index (κ3) is 5.33. The zero-order valence-electron chi connectivity index (χ0n) is 18.5. The fourth-order valence-electron chi connectivity index (χ4n) is 3.97. The predicted molar refractivity (Wildman–Crippen MR) is 127 cm³/mol. The summed E-state index contributed by atoms with van der Waals surface area (Å²) in [6.45, 7) is 3.87. The van der Waals surface area contributed by atoms with Gasteiger partial charge in [0.25, 0.3) is 0 Å². The summed E-state index contributed by atoms with van der Waals surface area (Å²) in [7, 11) is 3.18. The van der Waals surface area contributed by atoms with E-state index in [-0.39, 0.29) is 30.3 Å². The second-order valence-corrected chi connectivity index (χ2v) is 7.55. The molecule has 4 heteroatoms. The van der Waals surface area contributed by atoms with Crippen LogP contribution in [-0.2, 0) is 6.42 Å². The molecule has 164 valence electrons. The Hall–Kier alpha value is -3.66. The lowest BCUT2D eigenvalue weighted by Crippen LogP contribution is -2.15. The summed E-state index contributed by atoms with van der Waals surface area (Å²) in [6.07, 6.45) is 2.74. The number of ketones is 2. The number of hydrogen-bond acceptors (Lipinski definition) is 4. The summed E-state index contributed by atoms with van der Waals surface area (Å²) < 4.78 is 11.1. The lowest BCUT2D eigenvalue weighted by atomic mass is 9.83. The molecule has 0 atom stereocenters. The Morgan fingerprint density at radius 3 is 1.78 bits per heavy atom. The van der Waals surface area contributed by atoms with Gasteiger partial charge in [0, 0.05) is 29.5 Å². The molecule has 4 nitrogen and oxygen atoms in total. The molecule has 0 aliphatic heterocycles. The highest BCUT2D eigenvalue weighted by atomic mass is 16.5. The van der Waals surface area contributed by atoms with E-state index in [0.717, 1.165) is 11.1 Å². The van der Waals surface area contributed by atoms with Gasteiger partial charge in [0.2, 0.25) is 0 Å². The Morgan fingerprint density at radius 2 is 1.34 bits per heavy atom. The van der Waals surface area contributed by atoms with Crippen LogP contribution in [0.4, 0.5) is 0 Å². The summed E-state index contributed by atoms with van der Waals surface area (Å²) >= 11 is 0. The molecule has 3 aromatic rings. The van der Waals surface area contributed by atoms with E-state index in [9.17, 15) is 9.59 Å². The molecule has 0 aliphatic rings. The fraction of sp³-hybridized carbons (Fsp3) is 0.214. The van der Waals surface area contributed by atoms with Crippen molar-refractivity contribution in [3.05, 3.63) is 108 Å². The maximum Gasteiger partial charge on any atom is 0.164 e. The quantitative estimate of drug-likeness (QED) is 0.275. The highest BCUT2D eigenvalue weighted by Gasteiger charge is 2.26. The zero-order chi connectivity index (χ0) is 22.9. The van der Waals surface area contributed by atoms with Crippen molar-refractivity contribution in [1.82, 2.24) is 0 Å². The van der Waals surface area contributed by atoms with Crippen molar-refractivity contribution < 1.29 is 19.1 Å². The average Bonchev–Trinajstić information content (AvgIpc) is 2.84. The van der Waals surface area contributed by atoms with Crippen molar-refractivity contribution in [2.45, 2.75) is 25.2 Å². The smallest absolute Gasteiger partial charge is 0.164 e. The van der Waals surface area contributed by atoms with Gasteiger partial charge in [-0.2, -0.15) is 0 Å². The van der Waals surface area contributed by atoms with Crippen molar-refractivity contribution >= 4 is 11.6 Å². The van der Waals surface area contributed by atoms with E-state index in [2.05, 4.69) is 6.58 Å². The Kier molecular flexibility index (Phi) is 7.98. The number of carbonyl (C=O) groups is 2. The zero-order valence-corrected chi connectivity index (χ0v) is 18.5. The maximum atomic E-state index is 13.1. The van der Waals surface area contributed by atoms with Crippen molar-refractivity contribution in [3.8, 4) is 11.5 Å². The Morgan fingerprint density at radius 1 is 0.812 bits per heavy atom. The van der Waals surface area contributed by atoms with Gasteiger partial charge in [0.1, 0.15) is 0 Å². The number of ether oxygens (including phenoxy) is 2. The number of carbonyl (C=O) groups excluding carboxylic acids is 2. The van der Waals surface area contributed by atoms with Gasteiger partial charge in [-0.25, -0.2) is 0 Å². The van der Waals surface area contributed by atoms with Crippen LogP contribution in [0.1, 0.15) is 50.6 Å². The lowest BCUT2D eigenvalue weighted by Gasteiger charge is -2.22. The number of benzene rings is 3. The van der Waals surface area contributed by atoms with E-state index in [1.807, 2.05) is 48.5 Å². The molecule has 0 saturated heterocycles. The van der Waals surface area contributed by atoms with Crippen LogP contribution in [0.3, 0.4) is 0 Å². The van der Waals surface area contributed by atoms with Crippen LogP contribution >= 0.6 is 0 Å². The molecule has 0 aliphatic carbocycles. The van der Waals surface area contributed by atoms with Gasteiger partial charge in [0.05, 0.1) is 14.2 Å². The summed E-state index contributed by atoms with van der Waals surface area (Å²) in [6, 6.07) is 22.1. The van der Waals surface area contributed by atoms with Crippen LogP contribution in [-0.4, -0.2) is 25.8 Å². The number of allylic oxidation sites excluding steroid dienone is 1. The molecule has 0 amide bonds. The second kappa shape index (κ2) is 11.1. The van der Waals surface area contributed by atoms with E-state index in [4.69, 9.17) is 9.47 Å². The molecule has 3 rings (SSSR count). The normalized spacial score (nSPS) is 10.6.